The molecule has 0 aliphatic heterocycles. The van der Waals surface area contributed by atoms with Crippen molar-refractivity contribution < 1.29 is 19.4 Å². The van der Waals surface area contributed by atoms with Crippen LogP contribution in [0.15, 0.2) is 18.2 Å². The molecule has 5 heteroatoms. The maximum atomic E-state index is 12.9. The molecule has 0 aromatic heterocycles. The highest BCUT2D eigenvalue weighted by atomic mass is 19.1. The predicted octanol–water partition coefficient (Wildman–Crippen LogP) is -0.00880. The molecule has 0 bridgehead atoms. The third-order valence-corrected chi connectivity index (χ3v) is 2.09. The minimum Gasteiger partial charge on any atom is -0.389 e. The lowest BCUT2D eigenvalue weighted by Crippen LogP contribution is -2.27. The topological polar surface area (TPSA) is 83.6 Å². The van der Waals surface area contributed by atoms with E-state index in [0.29, 0.717) is 6.29 Å². The first kappa shape index (κ1) is 11.8. The summed E-state index contributed by atoms with van der Waals surface area (Å²) in [5.74, 6) is -0.664. The van der Waals surface area contributed by atoms with E-state index in [9.17, 15) is 19.4 Å². The zero-order valence-electron chi connectivity index (χ0n) is 7.93. The molecule has 2 unspecified atom stereocenters. The first-order chi connectivity index (χ1) is 7.10. The van der Waals surface area contributed by atoms with Crippen LogP contribution in [0.2, 0.25) is 0 Å². The van der Waals surface area contributed by atoms with Gasteiger partial charge in [-0.05, 0) is 17.7 Å². The Hall–Kier alpha value is -1.30. The van der Waals surface area contributed by atoms with Crippen molar-refractivity contribution in [1.29, 1.82) is 0 Å². The summed E-state index contributed by atoms with van der Waals surface area (Å²) < 4.78 is 12.9. The zero-order chi connectivity index (χ0) is 11.4. The highest BCUT2D eigenvalue weighted by Crippen LogP contribution is 2.18. The molecule has 0 saturated heterocycles. The summed E-state index contributed by atoms with van der Waals surface area (Å²) in [6, 6.07) is 3.54. The van der Waals surface area contributed by atoms with Gasteiger partial charge in [0.05, 0.1) is 11.7 Å². The Balaban J connectivity index is 3.00. The number of halogens is 1. The van der Waals surface area contributed by atoms with E-state index in [0.717, 1.165) is 6.07 Å². The number of carbonyl (C=O) groups is 1. The molecule has 0 amide bonds. The van der Waals surface area contributed by atoms with Crippen molar-refractivity contribution in [1.82, 2.24) is 0 Å². The van der Waals surface area contributed by atoms with Gasteiger partial charge in [-0.1, -0.05) is 6.07 Å². The fraction of sp³-hybridized carbons (Fsp3) is 0.300. The van der Waals surface area contributed by atoms with Crippen LogP contribution in [0, 0.1) is 5.82 Å². The maximum Gasteiger partial charge on any atom is 0.153 e. The average Bonchev–Trinajstić information content (AvgIpc) is 2.27. The number of aldehydes is 1. The van der Waals surface area contributed by atoms with Gasteiger partial charge in [0, 0.05) is 6.54 Å². The van der Waals surface area contributed by atoms with Crippen LogP contribution in [-0.2, 0) is 0 Å². The summed E-state index contributed by atoms with van der Waals surface area (Å²) in [5.41, 5.74) is 5.26. The molecule has 1 rings (SSSR count). The average molecular weight is 213 g/mol. The molecule has 0 aliphatic rings. The van der Waals surface area contributed by atoms with Crippen molar-refractivity contribution >= 4 is 6.29 Å². The largest absolute Gasteiger partial charge is 0.389 e. The Morgan fingerprint density at radius 3 is 2.67 bits per heavy atom. The Kier molecular flexibility index (Phi) is 3.90. The van der Waals surface area contributed by atoms with Crippen LogP contribution in [0.4, 0.5) is 4.39 Å². The number of aliphatic hydroxyl groups excluding tert-OH is 2. The van der Waals surface area contributed by atoms with Gasteiger partial charge in [0.15, 0.2) is 6.29 Å². The van der Waals surface area contributed by atoms with Gasteiger partial charge in [-0.3, -0.25) is 4.79 Å². The van der Waals surface area contributed by atoms with Gasteiger partial charge in [-0.25, -0.2) is 4.39 Å². The number of aliphatic hydroxyl groups is 2. The monoisotopic (exact) mass is 213 g/mol. The lowest BCUT2D eigenvalue weighted by Gasteiger charge is -2.16. The summed E-state index contributed by atoms with van der Waals surface area (Å²) in [6.07, 6.45) is -2.00. The Morgan fingerprint density at radius 2 is 2.13 bits per heavy atom. The standard InChI is InChI=1S/C10H12FNO3/c11-8-2-1-6(3-7(8)5-13)10(15)9(14)4-12/h1-3,5,9-10,14-15H,4,12H2. The van der Waals surface area contributed by atoms with Gasteiger partial charge >= 0.3 is 0 Å². The van der Waals surface area contributed by atoms with E-state index in [4.69, 9.17) is 5.73 Å². The zero-order valence-corrected chi connectivity index (χ0v) is 7.93. The van der Waals surface area contributed by atoms with E-state index in [2.05, 4.69) is 0 Å². The Bertz CT molecular complexity index is 357. The molecule has 4 N–H and O–H groups in total. The van der Waals surface area contributed by atoms with Gasteiger partial charge in [0.1, 0.15) is 11.9 Å². The van der Waals surface area contributed by atoms with Gasteiger partial charge in [-0.15, -0.1) is 0 Å². The SMILES string of the molecule is NCC(O)C(O)c1ccc(F)c(C=O)c1. The Labute approximate surface area is 86.1 Å². The molecule has 15 heavy (non-hydrogen) atoms. The second-order valence-electron chi connectivity index (χ2n) is 3.15. The quantitative estimate of drug-likeness (QED) is 0.614. The summed E-state index contributed by atoms with van der Waals surface area (Å²) >= 11 is 0. The number of carbonyl (C=O) groups excluding carboxylic acids is 1. The highest BCUT2D eigenvalue weighted by molar-refractivity contribution is 5.75. The second kappa shape index (κ2) is 4.97. The molecular weight excluding hydrogens is 201 g/mol. The van der Waals surface area contributed by atoms with Crippen molar-refractivity contribution in [3.8, 4) is 0 Å². The van der Waals surface area contributed by atoms with Crippen molar-refractivity contribution in [3.63, 3.8) is 0 Å². The first-order valence-electron chi connectivity index (χ1n) is 4.41. The predicted molar refractivity (Wildman–Crippen MR) is 51.8 cm³/mol. The number of benzene rings is 1. The fourth-order valence-electron chi connectivity index (χ4n) is 1.19. The second-order valence-corrected chi connectivity index (χ2v) is 3.15. The van der Waals surface area contributed by atoms with Crippen LogP contribution >= 0.6 is 0 Å². The smallest absolute Gasteiger partial charge is 0.153 e. The molecule has 1 aromatic carbocycles. The molecule has 0 radical (unpaired) electrons. The van der Waals surface area contributed by atoms with E-state index in [-0.39, 0.29) is 17.7 Å². The first-order valence-corrected chi connectivity index (χ1v) is 4.41. The normalized spacial score (nSPS) is 14.7. The molecule has 2 atom stereocenters. The molecule has 4 nitrogen and oxygen atoms in total. The number of hydrogen-bond donors (Lipinski definition) is 3. The number of hydrogen-bond acceptors (Lipinski definition) is 4. The lowest BCUT2D eigenvalue weighted by molar-refractivity contribution is 0.0243. The molecule has 0 saturated carbocycles. The van der Waals surface area contributed by atoms with E-state index in [1.165, 1.54) is 12.1 Å². The summed E-state index contributed by atoms with van der Waals surface area (Å²) in [5, 5.41) is 18.8. The van der Waals surface area contributed by atoms with E-state index >= 15 is 0 Å². The van der Waals surface area contributed by atoms with Crippen molar-refractivity contribution in [2.75, 3.05) is 6.54 Å². The maximum absolute atomic E-state index is 12.9. The van der Waals surface area contributed by atoms with Gasteiger partial charge in [0.2, 0.25) is 0 Å². The van der Waals surface area contributed by atoms with Crippen LogP contribution in [-0.4, -0.2) is 29.1 Å². The van der Waals surface area contributed by atoms with Gasteiger partial charge in [0.25, 0.3) is 0 Å². The summed E-state index contributed by atoms with van der Waals surface area (Å²) in [4.78, 5) is 10.4. The Morgan fingerprint density at radius 1 is 1.47 bits per heavy atom. The highest BCUT2D eigenvalue weighted by Gasteiger charge is 2.17. The summed E-state index contributed by atoms with van der Waals surface area (Å²) in [7, 11) is 0. The molecule has 0 spiro atoms. The van der Waals surface area contributed by atoms with E-state index in [1.807, 2.05) is 0 Å². The lowest BCUT2D eigenvalue weighted by atomic mass is 10.0. The minimum absolute atomic E-state index is 0.116. The minimum atomic E-state index is -1.21. The molecule has 1 aromatic rings. The molecule has 0 fully saturated rings. The number of nitrogens with two attached hydrogens (primary N) is 1. The van der Waals surface area contributed by atoms with Crippen molar-refractivity contribution in [3.05, 3.63) is 35.1 Å². The van der Waals surface area contributed by atoms with Gasteiger partial charge < -0.3 is 15.9 Å². The molecule has 0 heterocycles. The molecule has 0 aliphatic carbocycles. The van der Waals surface area contributed by atoms with Crippen LogP contribution < -0.4 is 5.73 Å². The van der Waals surface area contributed by atoms with Gasteiger partial charge in [-0.2, -0.15) is 0 Å². The molecular formula is C10H12FNO3. The van der Waals surface area contributed by atoms with Crippen molar-refractivity contribution in [2.45, 2.75) is 12.2 Å². The number of rotatable bonds is 4. The third-order valence-electron chi connectivity index (χ3n) is 2.09. The van der Waals surface area contributed by atoms with Crippen LogP contribution in [0.1, 0.15) is 22.0 Å². The van der Waals surface area contributed by atoms with Crippen LogP contribution in [0.5, 0.6) is 0 Å². The van der Waals surface area contributed by atoms with Crippen LogP contribution in [0.25, 0.3) is 0 Å². The van der Waals surface area contributed by atoms with E-state index in [1.54, 1.807) is 0 Å². The molecule has 82 valence electrons. The summed E-state index contributed by atoms with van der Waals surface area (Å²) in [6.45, 7) is -0.116. The van der Waals surface area contributed by atoms with Crippen molar-refractivity contribution in [2.24, 2.45) is 5.73 Å². The fourth-order valence-corrected chi connectivity index (χ4v) is 1.19. The van der Waals surface area contributed by atoms with E-state index < -0.39 is 18.0 Å². The third kappa shape index (κ3) is 2.59. The van der Waals surface area contributed by atoms with Crippen LogP contribution in [0.3, 0.4) is 0 Å².